The topological polar surface area (TPSA) is 0 Å². The van der Waals surface area contributed by atoms with Gasteiger partial charge in [0.25, 0.3) is 0 Å². The van der Waals surface area contributed by atoms with Crippen molar-refractivity contribution in [3.05, 3.63) is 12.7 Å². The molecule has 0 rings (SSSR count). The predicted octanol–water partition coefficient (Wildman–Crippen LogP) is -0.425. The molecule has 0 fully saturated rings. The normalized spacial score (nSPS) is 8.00. The van der Waals surface area contributed by atoms with E-state index in [-0.39, 0.29) is 0 Å². The van der Waals surface area contributed by atoms with E-state index in [2.05, 4.69) is 6.58 Å². The van der Waals surface area contributed by atoms with Crippen molar-refractivity contribution in [3.63, 3.8) is 0 Å². The zero-order valence-corrected chi connectivity index (χ0v) is 7.59. The number of hydrogen-bond donors (Lipinski definition) is 0. The molecule has 2 heteroatoms. The Morgan fingerprint density at radius 3 is 2.60 bits per heavy atom. The Kier molecular flexibility index (Phi) is 4.95. The molecular weight excluding hydrogens is 137 g/mol. The van der Waals surface area contributed by atoms with Crippen LogP contribution in [0.25, 0.3) is 0 Å². The van der Waals surface area contributed by atoms with Crippen LogP contribution in [0.2, 0.25) is 5.25 Å². The van der Waals surface area contributed by atoms with Gasteiger partial charge in [-0.3, -0.25) is 0 Å². The Morgan fingerprint density at radius 1 is 2.00 bits per heavy atom. The summed E-state index contributed by atoms with van der Waals surface area (Å²) in [6.45, 7) is 3.60. The van der Waals surface area contributed by atoms with Gasteiger partial charge in [-0.2, -0.15) is 0 Å². The number of hydrogen-bond acceptors (Lipinski definition) is 0. The van der Waals surface area contributed by atoms with E-state index < -0.39 is 0 Å². The summed E-state index contributed by atoms with van der Waals surface area (Å²) < 4.78 is 0. The molecule has 0 N–H and O–H groups in total. The third kappa shape index (κ3) is 4.50. The second kappa shape index (κ2) is 4.50. The molecule has 0 bridgehead atoms. The summed E-state index contributed by atoms with van der Waals surface area (Å²) in [6.07, 6.45) is 2.02. The van der Waals surface area contributed by atoms with Crippen molar-refractivity contribution in [1.29, 1.82) is 0 Å². The van der Waals surface area contributed by atoms with E-state index in [1.807, 2.05) is 6.08 Å². The minimum absolute atomic E-state index is 0.528. The molecular formula is C3H8GeSi. The molecule has 0 heterocycles. The second-order valence-corrected chi connectivity index (χ2v) is 6.86. The minimum atomic E-state index is 0.528. The molecule has 0 atom stereocenters. The molecule has 28 valence electrons. The Hall–Kier alpha value is 0.500. The van der Waals surface area contributed by atoms with Gasteiger partial charge in [-0.05, 0) is 0 Å². The van der Waals surface area contributed by atoms with Crippen LogP contribution >= 0.6 is 0 Å². The Morgan fingerprint density at radius 2 is 2.60 bits per heavy atom. The molecule has 0 saturated heterocycles. The molecule has 0 spiro atoms. The first kappa shape index (κ1) is 5.50. The van der Waals surface area contributed by atoms with E-state index in [9.17, 15) is 0 Å². The van der Waals surface area contributed by atoms with Crippen LogP contribution in [0.5, 0.6) is 0 Å². The fraction of sp³-hybridized carbons (Fsp3) is 0.333. The van der Waals surface area contributed by atoms with Crippen LogP contribution in [-0.4, -0.2) is 23.5 Å². The molecule has 5 heavy (non-hydrogen) atoms. The average molecular weight is 145 g/mol. The molecule has 2 radical (unpaired) electrons. The van der Waals surface area contributed by atoms with Gasteiger partial charge >= 0.3 is 41.5 Å². The first-order chi connectivity index (χ1) is 2.41. The first-order valence-electron chi connectivity index (χ1n) is 1.67. The van der Waals surface area contributed by atoms with Crippen LogP contribution in [0.15, 0.2) is 12.7 Å². The third-order valence-corrected chi connectivity index (χ3v) is 3.93. The summed E-state index contributed by atoms with van der Waals surface area (Å²) in [6, 6.07) is 0. The summed E-state index contributed by atoms with van der Waals surface area (Å²) in [7, 11) is 1.45. The molecule has 0 amide bonds. The third-order valence-electron chi connectivity index (χ3n) is 0.348. The molecule has 0 aromatic heterocycles. The number of allylic oxidation sites excluding steroid dienone is 1. The van der Waals surface area contributed by atoms with Crippen LogP contribution in [0.1, 0.15) is 0 Å². The fourth-order valence-corrected chi connectivity index (χ4v) is 2.25. The van der Waals surface area contributed by atoms with E-state index in [1.165, 1.54) is 14.0 Å². The fourth-order valence-electron chi connectivity index (χ4n) is 0.144. The Labute approximate surface area is 42.0 Å². The standard InChI is InChI=1S/C3H8GeSi/c1-2-3-4-5/h2H,1,3H2,5H3. The van der Waals surface area contributed by atoms with Crippen LogP contribution < -0.4 is 0 Å². The van der Waals surface area contributed by atoms with E-state index in [0.717, 1.165) is 0 Å². The molecule has 0 unspecified atom stereocenters. The maximum absolute atomic E-state index is 3.60. The van der Waals surface area contributed by atoms with E-state index in [1.54, 1.807) is 0 Å². The summed E-state index contributed by atoms with van der Waals surface area (Å²) >= 11 is 0.528. The zero-order chi connectivity index (χ0) is 4.12. The van der Waals surface area contributed by atoms with Gasteiger partial charge in [0.15, 0.2) is 0 Å². The van der Waals surface area contributed by atoms with Gasteiger partial charge in [-0.15, -0.1) is 0 Å². The number of rotatable bonds is 2. The Balaban J connectivity index is 2.40. The Bertz CT molecular complexity index is 28.1. The van der Waals surface area contributed by atoms with Crippen LogP contribution in [0, 0.1) is 0 Å². The van der Waals surface area contributed by atoms with Crippen molar-refractivity contribution < 1.29 is 0 Å². The summed E-state index contributed by atoms with van der Waals surface area (Å²) in [5.74, 6) is 0. The van der Waals surface area contributed by atoms with Gasteiger partial charge in [-0.25, -0.2) is 0 Å². The molecule has 0 saturated carbocycles. The average Bonchev–Trinajstić information content (AvgIpc) is 1.41. The van der Waals surface area contributed by atoms with E-state index >= 15 is 0 Å². The monoisotopic (exact) mass is 146 g/mol. The SMILES string of the molecule is C=C[CH2][Ge][SiH3]. The molecule has 0 nitrogen and oxygen atoms in total. The molecule has 0 aliphatic carbocycles. The van der Waals surface area contributed by atoms with E-state index in [0.29, 0.717) is 14.8 Å². The van der Waals surface area contributed by atoms with Gasteiger partial charge in [-0.1, -0.05) is 0 Å². The van der Waals surface area contributed by atoms with Crippen molar-refractivity contribution in [2.24, 2.45) is 0 Å². The summed E-state index contributed by atoms with van der Waals surface area (Å²) in [4.78, 5) is 0. The molecule has 0 aromatic carbocycles. The van der Waals surface area contributed by atoms with Crippen molar-refractivity contribution >= 4 is 23.5 Å². The van der Waals surface area contributed by atoms with Gasteiger partial charge in [0, 0.05) is 0 Å². The van der Waals surface area contributed by atoms with E-state index in [4.69, 9.17) is 0 Å². The van der Waals surface area contributed by atoms with Gasteiger partial charge in [0.05, 0.1) is 0 Å². The first-order valence-corrected chi connectivity index (χ1v) is 10.4. The van der Waals surface area contributed by atoms with Crippen LogP contribution in [0.4, 0.5) is 0 Å². The van der Waals surface area contributed by atoms with Gasteiger partial charge in [0.1, 0.15) is 0 Å². The summed E-state index contributed by atoms with van der Waals surface area (Å²) in [5, 5.41) is 1.34. The second-order valence-electron chi connectivity index (χ2n) is 0.846. The van der Waals surface area contributed by atoms with Crippen molar-refractivity contribution in [1.82, 2.24) is 0 Å². The predicted molar refractivity (Wildman–Crippen MR) is 30.7 cm³/mol. The van der Waals surface area contributed by atoms with Gasteiger partial charge in [0.2, 0.25) is 0 Å². The quantitative estimate of drug-likeness (QED) is 0.365. The van der Waals surface area contributed by atoms with Crippen molar-refractivity contribution in [2.75, 3.05) is 0 Å². The van der Waals surface area contributed by atoms with Crippen LogP contribution in [-0.2, 0) is 0 Å². The molecule has 0 aliphatic heterocycles. The molecule has 0 aromatic rings. The maximum atomic E-state index is 3.60. The summed E-state index contributed by atoms with van der Waals surface area (Å²) in [5.41, 5.74) is 0. The van der Waals surface area contributed by atoms with Crippen LogP contribution in [0.3, 0.4) is 0 Å². The van der Waals surface area contributed by atoms with Crippen molar-refractivity contribution in [3.8, 4) is 0 Å². The molecule has 0 aliphatic rings. The zero-order valence-electron chi connectivity index (χ0n) is 3.49. The van der Waals surface area contributed by atoms with Crippen molar-refractivity contribution in [2.45, 2.75) is 5.25 Å². The van der Waals surface area contributed by atoms with Gasteiger partial charge < -0.3 is 0 Å².